The van der Waals surface area contributed by atoms with Crippen LogP contribution in [0.5, 0.6) is 11.5 Å². The van der Waals surface area contributed by atoms with Gasteiger partial charge in [-0.2, -0.15) is 15.0 Å². The number of carbonyl (C=O) groups excluding carboxylic acids is 1. The number of nitrogens with zero attached hydrogens (tertiary/aromatic N) is 6. The molecular formula is C29H39N7O2. The fourth-order valence-electron chi connectivity index (χ4n) is 4.71. The predicted molar refractivity (Wildman–Crippen MR) is 152 cm³/mol. The number of benzene rings is 2. The second-order valence-corrected chi connectivity index (χ2v) is 9.29. The lowest BCUT2D eigenvalue weighted by atomic mass is 9.96. The lowest BCUT2D eigenvalue weighted by Crippen LogP contribution is -2.45. The highest BCUT2D eigenvalue weighted by Gasteiger charge is 2.30. The second kappa shape index (κ2) is 13.1. The number of nitrogens with one attached hydrogen (secondary N) is 1. The Morgan fingerprint density at radius 1 is 0.921 bits per heavy atom. The van der Waals surface area contributed by atoms with Crippen LogP contribution in [0, 0.1) is 5.92 Å². The summed E-state index contributed by atoms with van der Waals surface area (Å²) < 4.78 is 5.91. The summed E-state index contributed by atoms with van der Waals surface area (Å²) in [5.74, 6) is 3.41. The highest BCUT2D eigenvalue weighted by atomic mass is 16.5. The Morgan fingerprint density at radius 3 is 2.26 bits per heavy atom. The molecule has 9 nitrogen and oxygen atoms in total. The molecule has 1 aliphatic heterocycles. The Bertz CT molecular complexity index is 1170. The number of piperidine rings is 1. The molecule has 1 saturated heterocycles. The van der Waals surface area contributed by atoms with E-state index in [4.69, 9.17) is 19.7 Å². The Hall–Kier alpha value is -3.88. The third-order valence-corrected chi connectivity index (χ3v) is 6.88. The van der Waals surface area contributed by atoms with Gasteiger partial charge in [0.25, 0.3) is 0 Å². The van der Waals surface area contributed by atoms with Crippen LogP contribution in [-0.4, -0.2) is 65.0 Å². The largest absolute Gasteiger partial charge is 0.457 e. The molecule has 202 valence electrons. The van der Waals surface area contributed by atoms with Crippen molar-refractivity contribution in [3.63, 3.8) is 0 Å². The van der Waals surface area contributed by atoms with E-state index in [0.717, 1.165) is 62.8 Å². The topological polar surface area (TPSA) is 86.7 Å². The smallest absolute Gasteiger partial charge is 0.233 e. The molecule has 38 heavy (non-hydrogen) atoms. The molecule has 1 amide bonds. The molecule has 3 aromatic rings. The first-order valence-electron chi connectivity index (χ1n) is 13.7. The lowest BCUT2D eigenvalue weighted by molar-refractivity contribution is -0.135. The summed E-state index contributed by atoms with van der Waals surface area (Å²) in [6.45, 7) is 12.7. The molecule has 0 radical (unpaired) electrons. The van der Waals surface area contributed by atoms with E-state index in [0.29, 0.717) is 24.4 Å². The van der Waals surface area contributed by atoms with E-state index in [9.17, 15) is 4.79 Å². The number of aromatic nitrogens is 3. The molecule has 4 rings (SSSR count). The molecule has 0 bridgehead atoms. The van der Waals surface area contributed by atoms with Gasteiger partial charge in [0.1, 0.15) is 11.5 Å². The van der Waals surface area contributed by atoms with Gasteiger partial charge in [0.2, 0.25) is 23.8 Å². The van der Waals surface area contributed by atoms with Gasteiger partial charge in [-0.25, -0.2) is 0 Å². The minimum Gasteiger partial charge on any atom is -0.457 e. The SMILES string of the molecule is CCN(CC)C(=O)C1CCCN(c2nc(Nc3ccc(Oc4ccccc4)cc3)nc(N(CC)CC)n2)C1. The Labute approximate surface area is 225 Å². The van der Waals surface area contributed by atoms with Crippen LogP contribution >= 0.6 is 0 Å². The zero-order chi connectivity index (χ0) is 26.9. The molecule has 0 saturated carbocycles. The van der Waals surface area contributed by atoms with Gasteiger partial charge < -0.3 is 24.8 Å². The molecule has 0 spiro atoms. The number of amides is 1. The molecule has 1 aliphatic rings. The Balaban J connectivity index is 1.55. The summed E-state index contributed by atoms with van der Waals surface area (Å²) in [6.07, 6.45) is 1.82. The zero-order valence-corrected chi connectivity index (χ0v) is 22.9. The van der Waals surface area contributed by atoms with Gasteiger partial charge >= 0.3 is 0 Å². The highest BCUT2D eigenvalue weighted by molar-refractivity contribution is 5.79. The Morgan fingerprint density at radius 2 is 1.61 bits per heavy atom. The normalized spacial score (nSPS) is 15.2. The van der Waals surface area contributed by atoms with Crippen molar-refractivity contribution in [2.45, 2.75) is 40.5 Å². The summed E-state index contributed by atoms with van der Waals surface area (Å²) in [6, 6.07) is 17.4. The first-order chi connectivity index (χ1) is 18.5. The van der Waals surface area contributed by atoms with Crippen LogP contribution in [0.4, 0.5) is 23.5 Å². The monoisotopic (exact) mass is 517 g/mol. The number of para-hydroxylation sites is 1. The summed E-state index contributed by atoms with van der Waals surface area (Å²) >= 11 is 0. The van der Waals surface area contributed by atoms with Crippen LogP contribution in [-0.2, 0) is 4.79 Å². The molecule has 9 heteroatoms. The standard InChI is InChI=1S/C29H39N7O2/c1-5-34(6-2)26(37)22-13-12-20-36(21-22)29-32-27(31-28(33-29)35(7-3)8-4)30-23-16-18-25(19-17-23)38-24-14-10-9-11-15-24/h9-11,14-19,22H,5-8,12-13,20-21H2,1-4H3,(H,30,31,32,33). The quantitative estimate of drug-likeness (QED) is 0.365. The van der Waals surface area contributed by atoms with Gasteiger partial charge in [0.15, 0.2) is 0 Å². The molecule has 2 heterocycles. The molecular weight excluding hydrogens is 478 g/mol. The summed E-state index contributed by atoms with van der Waals surface area (Å²) in [4.78, 5) is 33.6. The molecule has 1 unspecified atom stereocenters. The maximum atomic E-state index is 13.1. The maximum absolute atomic E-state index is 13.1. The number of ether oxygens (including phenoxy) is 1. The van der Waals surface area contributed by atoms with Crippen molar-refractivity contribution in [3.05, 3.63) is 54.6 Å². The molecule has 0 aliphatic carbocycles. The minimum absolute atomic E-state index is 0.0501. The fraction of sp³-hybridized carbons (Fsp3) is 0.448. The predicted octanol–water partition coefficient (Wildman–Crippen LogP) is 5.34. The third-order valence-electron chi connectivity index (χ3n) is 6.88. The van der Waals surface area contributed by atoms with E-state index in [-0.39, 0.29) is 11.8 Å². The number of rotatable bonds is 11. The summed E-state index contributed by atoms with van der Waals surface area (Å²) in [5.41, 5.74) is 0.848. The zero-order valence-electron chi connectivity index (χ0n) is 22.9. The van der Waals surface area contributed by atoms with Gasteiger partial charge in [-0.05, 0) is 76.9 Å². The van der Waals surface area contributed by atoms with E-state index in [1.54, 1.807) is 0 Å². The van der Waals surface area contributed by atoms with Crippen LogP contribution in [0.15, 0.2) is 54.6 Å². The fourth-order valence-corrected chi connectivity index (χ4v) is 4.71. The van der Waals surface area contributed by atoms with Crippen LogP contribution in [0.25, 0.3) is 0 Å². The molecule has 1 aromatic heterocycles. The van der Waals surface area contributed by atoms with Gasteiger partial charge in [-0.1, -0.05) is 18.2 Å². The third kappa shape index (κ3) is 6.70. The molecule has 1 fully saturated rings. The van der Waals surface area contributed by atoms with Gasteiger partial charge in [0.05, 0.1) is 5.92 Å². The van der Waals surface area contributed by atoms with E-state index >= 15 is 0 Å². The van der Waals surface area contributed by atoms with Crippen molar-refractivity contribution >= 4 is 29.4 Å². The van der Waals surface area contributed by atoms with Crippen molar-refractivity contribution in [1.29, 1.82) is 0 Å². The minimum atomic E-state index is -0.0501. The van der Waals surface area contributed by atoms with Crippen LogP contribution < -0.4 is 19.9 Å². The van der Waals surface area contributed by atoms with Crippen molar-refractivity contribution in [1.82, 2.24) is 19.9 Å². The van der Waals surface area contributed by atoms with Crippen molar-refractivity contribution in [2.24, 2.45) is 5.92 Å². The van der Waals surface area contributed by atoms with Crippen LogP contribution in [0.3, 0.4) is 0 Å². The van der Waals surface area contributed by atoms with Crippen LogP contribution in [0.1, 0.15) is 40.5 Å². The number of anilines is 4. The molecule has 1 N–H and O–H groups in total. The second-order valence-electron chi connectivity index (χ2n) is 9.29. The Kier molecular flexibility index (Phi) is 9.35. The van der Waals surface area contributed by atoms with E-state index in [1.165, 1.54) is 0 Å². The first-order valence-corrected chi connectivity index (χ1v) is 13.7. The van der Waals surface area contributed by atoms with Gasteiger partial charge in [-0.3, -0.25) is 4.79 Å². The van der Waals surface area contributed by atoms with E-state index < -0.39 is 0 Å². The summed E-state index contributed by atoms with van der Waals surface area (Å²) in [5, 5.41) is 3.34. The highest BCUT2D eigenvalue weighted by Crippen LogP contribution is 2.27. The maximum Gasteiger partial charge on any atom is 0.233 e. The number of carbonyl (C=O) groups is 1. The molecule has 2 aromatic carbocycles. The number of hydrogen-bond donors (Lipinski definition) is 1. The molecule has 1 atom stereocenters. The van der Waals surface area contributed by atoms with Gasteiger partial charge in [0, 0.05) is 45.0 Å². The van der Waals surface area contributed by atoms with Crippen LogP contribution in [0.2, 0.25) is 0 Å². The average Bonchev–Trinajstić information content (AvgIpc) is 2.96. The van der Waals surface area contributed by atoms with Crippen molar-refractivity contribution < 1.29 is 9.53 Å². The summed E-state index contributed by atoms with van der Waals surface area (Å²) in [7, 11) is 0. The van der Waals surface area contributed by atoms with E-state index in [1.807, 2.05) is 73.3 Å². The average molecular weight is 518 g/mol. The number of hydrogen-bond acceptors (Lipinski definition) is 8. The first kappa shape index (κ1) is 27.2. The lowest BCUT2D eigenvalue weighted by Gasteiger charge is -2.35. The van der Waals surface area contributed by atoms with Gasteiger partial charge in [-0.15, -0.1) is 0 Å². The van der Waals surface area contributed by atoms with Crippen molar-refractivity contribution in [3.8, 4) is 11.5 Å². The van der Waals surface area contributed by atoms with Crippen molar-refractivity contribution in [2.75, 3.05) is 54.4 Å². The van der Waals surface area contributed by atoms with E-state index in [2.05, 4.69) is 29.0 Å².